The van der Waals surface area contributed by atoms with Crippen LogP contribution in [0.25, 0.3) is 0 Å². The Labute approximate surface area is 162 Å². The average molecular weight is 401 g/mol. The first-order valence-electron chi connectivity index (χ1n) is 9.29. The van der Waals surface area contributed by atoms with Crippen molar-refractivity contribution in [1.29, 1.82) is 0 Å². The van der Waals surface area contributed by atoms with Gasteiger partial charge in [-0.1, -0.05) is 6.07 Å². The number of carbonyl (C=O) groups is 1. The molecule has 0 N–H and O–H groups in total. The molecule has 0 radical (unpaired) electrons. The summed E-state index contributed by atoms with van der Waals surface area (Å²) in [6, 6.07) is 4.54. The summed E-state index contributed by atoms with van der Waals surface area (Å²) in [7, 11) is 1.37. The maximum absolute atomic E-state index is 12.9. The maximum Gasteiger partial charge on any atom is 0.387 e. The molecule has 4 atom stereocenters. The number of hydrogen-bond acceptors (Lipinski definition) is 4. The lowest BCUT2D eigenvalue weighted by atomic mass is 9.49. The zero-order valence-corrected chi connectivity index (χ0v) is 15.9. The van der Waals surface area contributed by atoms with Crippen molar-refractivity contribution in [3.63, 3.8) is 0 Å². The van der Waals surface area contributed by atoms with Crippen LogP contribution in [0.15, 0.2) is 18.2 Å². The maximum atomic E-state index is 12.9. The third kappa shape index (κ3) is 3.60. The van der Waals surface area contributed by atoms with E-state index in [0.717, 1.165) is 25.7 Å². The second-order valence-corrected chi connectivity index (χ2v) is 9.13. The summed E-state index contributed by atoms with van der Waals surface area (Å²) in [4.78, 5) is 12.7. The van der Waals surface area contributed by atoms with Gasteiger partial charge in [0.15, 0.2) is 11.5 Å². The number of halogens is 3. The van der Waals surface area contributed by atoms with Crippen LogP contribution in [-0.4, -0.2) is 24.6 Å². The first-order chi connectivity index (χ1) is 12.8. The Kier molecular flexibility index (Phi) is 4.73. The van der Waals surface area contributed by atoms with Crippen molar-refractivity contribution in [1.82, 2.24) is 0 Å². The second kappa shape index (κ2) is 6.80. The van der Waals surface area contributed by atoms with Gasteiger partial charge in [-0.05, 0) is 68.1 Å². The molecule has 5 rings (SSSR count). The molecule has 0 amide bonds. The van der Waals surface area contributed by atoms with Gasteiger partial charge in [0.25, 0.3) is 0 Å². The van der Waals surface area contributed by atoms with Crippen LogP contribution in [0.2, 0.25) is 0 Å². The average Bonchev–Trinajstić information content (AvgIpc) is 2.57. The summed E-state index contributed by atoms with van der Waals surface area (Å²) in [6.45, 7) is -2.86. The van der Waals surface area contributed by atoms with E-state index in [1.54, 1.807) is 12.1 Å². The number of alkyl halides is 3. The Balaban J connectivity index is 1.44. The summed E-state index contributed by atoms with van der Waals surface area (Å²) in [5.74, 6) is 0.976. The van der Waals surface area contributed by atoms with Gasteiger partial charge in [-0.2, -0.15) is 8.78 Å². The molecule has 7 heteroatoms. The van der Waals surface area contributed by atoms with E-state index in [9.17, 15) is 13.6 Å². The van der Waals surface area contributed by atoms with Gasteiger partial charge in [-0.25, -0.2) is 0 Å². The SMILES string of the molecule is COc1cc(COC(=O)C23C[C@@H]4C[C@@H](CC(Cl)(C4)C2)C3)ccc1OC(F)F. The third-order valence-corrected chi connectivity index (χ3v) is 6.68. The van der Waals surface area contributed by atoms with Crippen molar-refractivity contribution in [2.45, 2.75) is 56.6 Å². The molecule has 4 aliphatic carbocycles. The Morgan fingerprint density at radius 2 is 1.93 bits per heavy atom. The van der Waals surface area contributed by atoms with E-state index in [1.807, 2.05) is 0 Å². The predicted molar refractivity (Wildman–Crippen MR) is 95.1 cm³/mol. The number of ether oxygens (including phenoxy) is 3. The molecule has 0 saturated heterocycles. The van der Waals surface area contributed by atoms with Crippen molar-refractivity contribution in [3.05, 3.63) is 23.8 Å². The minimum atomic E-state index is -2.93. The standard InChI is InChI=1S/C20H23ClF2O4/c1-25-16-5-12(2-3-15(16)27-18(22)23)10-26-17(24)19-6-13-4-14(7-19)9-20(21,8-13)11-19/h2-3,5,13-14,18H,4,6-11H2,1H3/t13-,14+,19?,20?. The topological polar surface area (TPSA) is 44.8 Å². The van der Waals surface area contributed by atoms with Crippen molar-refractivity contribution in [2.75, 3.05) is 7.11 Å². The zero-order valence-electron chi connectivity index (χ0n) is 15.2. The molecule has 0 aromatic heterocycles. The monoisotopic (exact) mass is 400 g/mol. The molecule has 4 nitrogen and oxygen atoms in total. The molecule has 4 bridgehead atoms. The first-order valence-corrected chi connectivity index (χ1v) is 9.66. The second-order valence-electron chi connectivity index (χ2n) is 8.33. The van der Waals surface area contributed by atoms with E-state index in [4.69, 9.17) is 21.1 Å². The number of carbonyl (C=O) groups excluding carboxylic acids is 1. The molecule has 4 saturated carbocycles. The van der Waals surface area contributed by atoms with Gasteiger partial charge in [0.1, 0.15) is 6.61 Å². The number of methoxy groups -OCH3 is 1. The van der Waals surface area contributed by atoms with Crippen LogP contribution < -0.4 is 9.47 Å². The summed E-state index contributed by atoms with van der Waals surface area (Å²) in [6.07, 6.45) is 5.60. The van der Waals surface area contributed by atoms with Crippen LogP contribution in [-0.2, 0) is 16.1 Å². The van der Waals surface area contributed by atoms with Crippen LogP contribution in [0.5, 0.6) is 11.5 Å². The van der Waals surface area contributed by atoms with Gasteiger partial charge in [-0.3, -0.25) is 4.79 Å². The Morgan fingerprint density at radius 1 is 1.22 bits per heavy atom. The molecule has 0 heterocycles. The first kappa shape index (κ1) is 18.8. The van der Waals surface area contributed by atoms with Crippen LogP contribution in [0.3, 0.4) is 0 Å². The minimum Gasteiger partial charge on any atom is -0.493 e. The molecular formula is C20H23ClF2O4. The molecule has 0 spiro atoms. The molecule has 1 aromatic rings. The highest BCUT2D eigenvalue weighted by molar-refractivity contribution is 6.24. The van der Waals surface area contributed by atoms with Gasteiger partial charge < -0.3 is 14.2 Å². The van der Waals surface area contributed by atoms with Gasteiger partial charge in [0.05, 0.1) is 12.5 Å². The number of esters is 1. The zero-order chi connectivity index (χ0) is 19.2. The highest BCUT2D eigenvalue weighted by atomic mass is 35.5. The van der Waals surface area contributed by atoms with Crippen LogP contribution in [0.1, 0.15) is 44.1 Å². The van der Waals surface area contributed by atoms with Gasteiger partial charge in [-0.15, -0.1) is 11.6 Å². The van der Waals surface area contributed by atoms with Crippen LogP contribution in [0.4, 0.5) is 8.78 Å². The number of hydrogen-bond donors (Lipinski definition) is 0. The minimum absolute atomic E-state index is 0.0484. The van der Waals surface area contributed by atoms with Crippen LogP contribution in [0, 0.1) is 17.3 Å². The van der Waals surface area contributed by atoms with E-state index in [1.165, 1.54) is 19.6 Å². The molecule has 2 unspecified atom stereocenters. The highest BCUT2D eigenvalue weighted by Crippen LogP contribution is 2.64. The van der Waals surface area contributed by atoms with Gasteiger partial charge in [0.2, 0.25) is 0 Å². The molecule has 148 valence electrons. The summed E-state index contributed by atoms with van der Waals surface area (Å²) < 4.78 is 40.0. The van der Waals surface area contributed by atoms with Crippen molar-refractivity contribution in [3.8, 4) is 11.5 Å². The summed E-state index contributed by atoms with van der Waals surface area (Å²) in [5.41, 5.74) is 0.196. The fourth-order valence-electron chi connectivity index (χ4n) is 5.69. The lowest BCUT2D eigenvalue weighted by Crippen LogP contribution is -2.56. The molecule has 4 fully saturated rings. The van der Waals surface area contributed by atoms with E-state index in [2.05, 4.69) is 4.74 Å². The lowest BCUT2D eigenvalue weighted by Gasteiger charge is -2.58. The lowest BCUT2D eigenvalue weighted by molar-refractivity contribution is -0.171. The van der Waals surface area contributed by atoms with E-state index < -0.39 is 12.0 Å². The Hall–Kier alpha value is -1.56. The molecule has 0 aliphatic heterocycles. The largest absolute Gasteiger partial charge is 0.493 e. The van der Waals surface area contributed by atoms with Crippen molar-refractivity contribution in [2.24, 2.45) is 17.3 Å². The fourth-order valence-corrected chi connectivity index (χ4v) is 6.38. The quantitative estimate of drug-likeness (QED) is 0.502. The van der Waals surface area contributed by atoms with Crippen LogP contribution >= 0.6 is 11.6 Å². The van der Waals surface area contributed by atoms with E-state index >= 15 is 0 Å². The van der Waals surface area contributed by atoms with E-state index in [-0.39, 0.29) is 28.9 Å². The Morgan fingerprint density at radius 3 is 2.52 bits per heavy atom. The Bertz CT molecular complexity index is 725. The molecule has 27 heavy (non-hydrogen) atoms. The highest BCUT2D eigenvalue weighted by Gasteiger charge is 2.60. The summed E-state index contributed by atoms with van der Waals surface area (Å²) >= 11 is 6.78. The molecule has 4 aliphatic rings. The summed E-state index contributed by atoms with van der Waals surface area (Å²) in [5, 5.41) is 0. The molecule has 1 aromatic carbocycles. The third-order valence-electron chi connectivity index (χ3n) is 6.24. The smallest absolute Gasteiger partial charge is 0.387 e. The van der Waals surface area contributed by atoms with Gasteiger partial charge in [0, 0.05) is 4.87 Å². The number of rotatable bonds is 6. The fraction of sp³-hybridized carbons (Fsp3) is 0.650. The van der Waals surface area contributed by atoms with Crippen molar-refractivity contribution < 1.29 is 27.8 Å². The normalized spacial score (nSPS) is 34.0. The molecular weight excluding hydrogens is 378 g/mol. The number of benzene rings is 1. The van der Waals surface area contributed by atoms with Gasteiger partial charge >= 0.3 is 12.6 Å². The van der Waals surface area contributed by atoms with E-state index in [0.29, 0.717) is 23.8 Å². The predicted octanol–water partition coefficient (Wildman–Crippen LogP) is 4.92. The van der Waals surface area contributed by atoms with Crippen molar-refractivity contribution >= 4 is 17.6 Å².